The Kier molecular flexibility index (Phi) is 5.83. The molecule has 1 amide bonds. The molecule has 4 rings (SSSR count). The smallest absolute Gasteiger partial charge is 0.234 e. The number of carbonyl (C=O) groups is 1. The van der Waals surface area contributed by atoms with E-state index in [1.165, 1.54) is 18.4 Å². The molecule has 5 nitrogen and oxygen atoms in total. The van der Waals surface area contributed by atoms with E-state index in [1.807, 2.05) is 29.1 Å². The van der Waals surface area contributed by atoms with Gasteiger partial charge >= 0.3 is 0 Å². The minimum Gasteiger partial charge on any atom is -0.351 e. The fourth-order valence-corrected chi connectivity index (χ4v) is 3.29. The zero-order valence-electron chi connectivity index (χ0n) is 16.0. The van der Waals surface area contributed by atoms with Crippen molar-refractivity contribution in [1.29, 1.82) is 0 Å². The van der Waals surface area contributed by atoms with E-state index in [9.17, 15) is 4.79 Å². The van der Waals surface area contributed by atoms with Gasteiger partial charge in [0.05, 0.1) is 13.1 Å². The predicted octanol–water partition coefficient (Wildman–Crippen LogP) is 3.21. The van der Waals surface area contributed by atoms with E-state index in [1.54, 1.807) is 6.20 Å². The van der Waals surface area contributed by atoms with Gasteiger partial charge in [-0.3, -0.25) is 9.48 Å². The number of rotatable bonds is 9. The molecule has 144 valence electrons. The van der Waals surface area contributed by atoms with Crippen LogP contribution in [-0.2, 0) is 17.9 Å². The van der Waals surface area contributed by atoms with E-state index < -0.39 is 0 Å². The summed E-state index contributed by atoms with van der Waals surface area (Å²) >= 11 is 0. The van der Waals surface area contributed by atoms with E-state index in [0.29, 0.717) is 13.1 Å². The molecule has 1 saturated carbocycles. The Bertz CT molecular complexity index is 899. The maximum absolute atomic E-state index is 12.1. The largest absolute Gasteiger partial charge is 0.351 e. The topological polar surface area (TPSA) is 59.0 Å². The molecule has 1 heterocycles. The van der Waals surface area contributed by atoms with Gasteiger partial charge in [0.25, 0.3) is 0 Å². The fourth-order valence-electron chi connectivity index (χ4n) is 3.29. The third-order valence-corrected chi connectivity index (χ3v) is 5.08. The molecule has 3 aromatic rings. The summed E-state index contributed by atoms with van der Waals surface area (Å²) in [6.07, 6.45) is 6.34. The van der Waals surface area contributed by atoms with Crippen molar-refractivity contribution in [3.8, 4) is 11.1 Å². The van der Waals surface area contributed by atoms with Crippen molar-refractivity contribution in [1.82, 2.24) is 20.4 Å². The van der Waals surface area contributed by atoms with Gasteiger partial charge in [-0.1, -0.05) is 48.5 Å². The van der Waals surface area contributed by atoms with Crippen LogP contribution in [0.3, 0.4) is 0 Å². The average Bonchev–Trinajstić information content (AvgIpc) is 3.41. The van der Waals surface area contributed by atoms with Gasteiger partial charge in [-0.15, -0.1) is 0 Å². The molecule has 2 aromatic carbocycles. The van der Waals surface area contributed by atoms with E-state index in [0.717, 1.165) is 35.7 Å². The third-order valence-electron chi connectivity index (χ3n) is 5.08. The van der Waals surface area contributed by atoms with Crippen molar-refractivity contribution in [2.45, 2.75) is 25.9 Å². The first-order chi connectivity index (χ1) is 13.8. The molecule has 0 aliphatic heterocycles. The lowest BCUT2D eigenvalue weighted by Crippen LogP contribution is -2.34. The number of nitrogens with one attached hydrogen (secondary N) is 2. The number of aromatic nitrogens is 2. The molecule has 0 spiro atoms. The molecule has 1 fully saturated rings. The van der Waals surface area contributed by atoms with Gasteiger partial charge in [-0.05, 0) is 53.6 Å². The molecule has 0 atom stereocenters. The Labute approximate surface area is 165 Å². The SMILES string of the molecule is O=C(CNCC1CC1)NCc1ccccc1-c1ccc(Cn2cccn2)cc1. The molecule has 0 unspecified atom stereocenters. The Balaban J connectivity index is 1.37. The summed E-state index contributed by atoms with van der Waals surface area (Å²) in [5.74, 6) is 0.829. The highest BCUT2D eigenvalue weighted by Gasteiger charge is 2.20. The summed E-state index contributed by atoms with van der Waals surface area (Å²) in [5, 5.41) is 10.5. The molecular formula is C23H26N4O. The summed E-state index contributed by atoms with van der Waals surface area (Å²) < 4.78 is 1.91. The zero-order valence-corrected chi connectivity index (χ0v) is 16.0. The standard InChI is InChI=1S/C23H26N4O/c28-23(16-24-14-18-6-7-18)25-15-21-4-1-2-5-22(21)20-10-8-19(9-11-20)17-27-13-3-12-26-27/h1-5,8-13,18,24H,6-7,14-17H2,(H,25,28). The normalized spacial score (nSPS) is 13.4. The monoisotopic (exact) mass is 374 g/mol. The van der Waals surface area contributed by atoms with Crippen LogP contribution in [0.25, 0.3) is 11.1 Å². The summed E-state index contributed by atoms with van der Waals surface area (Å²) in [6, 6.07) is 18.7. The van der Waals surface area contributed by atoms with Crippen molar-refractivity contribution in [3.05, 3.63) is 78.1 Å². The molecule has 1 aliphatic carbocycles. The number of hydrogen-bond acceptors (Lipinski definition) is 3. The highest BCUT2D eigenvalue weighted by molar-refractivity contribution is 5.78. The van der Waals surface area contributed by atoms with Crippen molar-refractivity contribution in [2.24, 2.45) is 5.92 Å². The Morgan fingerprint density at radius 3 is 2.64 bits per heavy atom. The van der Waals surface area contributed by atoms with Crippen molar-refractivity contribution < 1.29 is 4.79 Å². The van der Waals surface area contributed by atoms with Crippen LogP contribution in [0.15, 0.2) is 67.0 Å². The quantitative estimate of drug-likeness (QED) is 0.605. The first-order valence-electron chi connectivity index (χ1n) is 9.90. The molecule has 1 aromatic heterocycles. The van der Waals surface area contributed by atoms with Gasteiger partial charge in [0.15, 0.2) is 0 Å². The van der Waals surface area contributed by atoms with Crippen molar-refractivity contribution >= 4 is 5.91 Å². The summed E-state index contributed by atoms with van der Waals surface area (Å²) in [6.45, 7) is 2.64. The van der Waals surface area contributed by atoms with Crippen LogP contribution in [0.2, 0.25) is 0 Å². The zero-order chi connectivity index (χ0) is 19.2. The highest BCUT2D eigenvalue weighted by atomic mass is 16.1. The van der Waals surface area contributed by atoms with Gasteiger partial charge in [0.1, 0.15) is 0 Å². The van der Waals surface area contributed by atoms with Crippen LogP contribution < -0.4 is 10.6 Å². The molecule has 5 heteroatoms. The third kappa shape index (κ3) is 5.08. The summed E-state index contributed by atoms with van der Waals surface area (Å²) in [7, 11) is 0. The number of carbonyl (C=O) groups excluding carboxylic acids is 1. The van der Waals surface area contributed by atoms with E-state index in [4.69, 9.17) is 0 Å². The minimum atomic E-state index is 0.0463. The van der Waals surface area contributed by atoms with Crippen molar-refractivity contribution in [3.63, 3.8) is 0 Å². The second-order valence-corrected chi connectivity index (χ2v) is 7.41. The Morgan fingerprint density at radius 2 is 1.89 bits per heavy atom. The number of benzene rings is 2. The number of hydrogen-bond donors (Lipinski definition) is 2. The lowest BCUT2D eigenvalue weighted by atomic mass is 9.98. The molecular weight excluding hydrogens is 348 g/mol. The number of nitrogens with zero attached hydrogens (tertiary/aromatic N) is 2. The molecule has 0 saturated heterocycles. The molecule has 28 heavy (non-hydrogen) atoms. The predicted molar refractivity (Wildman–Crippen MR) is 111 cm³/mol. The first kappa shape index (κ1) is 18.4. The van der Waals surface area contributed by atoms with Gasteiger partial charge in [-0.25, -0.2) is 0 Å². The van der Waals surface area contributed by atoms with Gasteiger partial charge < -0.3 is 10.6 Å². The van der Waals surface area contributed by atoms with Crippen LogP contribution >= 0.6 is 0 Å². The summed E-state index contributed by atoms with van der Waals surface area (Å²) in [4.78, 5) is 12.1. The van der Waals surface area contributed by atoms with Crippen LogP contribution in [-0.4, -0.2) is 28.8 Å². The molecule has 0 radical (unpaired) electrons. The van der Waals surface area contributed by atoms with Gasteiger partial charge in [0, 0.05) is 18.9 Å². The van der Waals surface area contributed by atoms with Crippen LogP contribution in [0.5, 0.6) is 0 Å². The van der Waals surface area contributed by atoms with E-state index in [-0.39, 0.29) is 5.91 Å². The lowest BCUT2D eigenvalue weighted by molar-refractivity contribution is -0.120. The number of amides is 1. The molecule has 0 bridgehead atoms. The second-order valence-electron chi connectivity index (χ2n) is 7.41. The van der Waals surface area contributed by atoms with Gasteiger partial charge in [-0.2, -0.15) is 5.10 Å². The highest BCUT2D eigenvalue weighted by Crippen LogP contribution is 2.27. The first-order valence-corrected chi connectivity index (χ1v) is 9.90. The van der Waals surface area contributed by atoms with Crippen molar-refractivity contribution in [2.75, 3.05) is 13.1 Å². The Morgan fingerprint density at radius 1 is 1.07 bits per heavy atom. The van der Waals surface area contributed by atoms with E-state index >= 15 is 0 Å². The van der Waals surface area contributed by atoms with Crippen LogP contribution in [0.4, 0.5) is 0 Å². The van der Waals surface area contributed by atoms with Gasteiger partial charge in [0.2, 0.25) is 5.91 Å². The lowest BCUT2D eigenvalue weighted by Gasteiger charge is -2.12. The summed E-state index contributed by atoms with van der Waals surface area (Å²) in [5.41, 5.74) is 4.64. The Hall–Kier alpha value is -2.92. The van der Waals surface area contributed by atoms with Crippen LogP contribution in [0, 0.1) is 5.92 Å². The van der Waals surface area contributed by atoms with E-state index in [2.05, 4.69) is 52.1 Å². The average molecular weight is 374 g/mol. The minimum absolute atomic E-state index is 0.0463. The fraction of sp³-hybridized carbons (Fsp3) is 0.304. The molecule has 1 aliphatic rings. The maximum atomic E-state index is 12.1. The second kappa shape index (κ2) is 8.85. The van der Waals surface area contributed by atoms with Crippen LogP contribution in [0.1, 0.15) is 24.0 Å². The molecule has 2 N–H and O–H groups in total. The maximum Gasteiger partial charge on any atom is 0.234 e.